The number of hydrogen-bond donors (Lipinski definition) is 2. The van der Waals surface area contributed by atoms with Crippen LogP contribution in [0.2, 0.25) is 0 Å². The van der Waals surface area contributed by atoms with E-state index in [1.807, 2.05) is 19.2 Å². The van der Waals surface area contributed by atoms with Crippen LogP contribution < -0.4 is 15.4 Å². The van der Waals surface area contributed by atoms with E-state index in [1.165, 1.54) is 31.5 Å². The molecule has 1 atom stereocenters. The van der Waals surface area contributed by atoms with Crippen molar-refractivity contribution in [3.8, 4) is 5.75 Å². The quantitative estimate of drug-likeness (QED) is 0.362. The third kappa shape index (κ3) is 7.70. The summed E-state index contributed by atoms with van der Waals surface area (Å²) in [4.78, 5) is 6.75. The molecule has 1 aromatic rings. The Morgan fingerprint density at radius 1 is 1.23 bits per heavy atom. The first-order valence-electron chi connectivity index (χ1n) is 9.39. The molecule has 0 aliphatic carbocycles. The number of ether oxygens (including phenoxy) is 1. The van der Waals surface area contributed by atoms with Crippen LogP contribution in [0.1, 0.15) is 37.7 Å². The van der Waals surface area contributed by atoms with Crippen molar-refractivity contribution in [2.24, 2.45) is 10.9 Å². The number of aliphatic imine (C=N–C) groups is 1. The number of methoxy groups -OCH3 is 1. The van der Waals surface area contributed by atoms with E-state index in [9.17, 15) is 0 Å². The van der Waals surface area contributed by atoms with Crippen LogP contribution in [0, 0.1) is 5.92 Å². The topological polar surface area (TPSA) is 48.9 Å². The van der Waals surface area contributed by atoms with Gasteiger partial charge in [-0.3, -0.25) is 4.99 Å². The fourth-order valence-corrected chi connectivity index (χ4v) is 3.23. The molecule has 1 saturated heterocycles. The van der Waals surface area contributed by atoms with Crippen molar-refractivity contribution >= 4 is 29.9 Å². The summed E-state index contributed by atoms with van der Waals surface area (Å²) in [6, 6.07) is 8.36. The van der Waals surface area contributed by atoms with Crippen molar-refractivity contribution in [2.45, 2.75) is 32.1 Å². The maximum atomic E-state index is 5.22. The van der Waals surface area contributed by atoms with Gasteiger partial charge in [0.1, 0.15) is 5.75 Å². The number of likely N-dealkylation sites (tertiary alicyclic amines) is 1. The molecule has 1 heterocycles. The molecule has 0 aromatic heterocycles. The molecule has 26 heavy (non-hydrogen) atoms. The Bertz CT molecular complexity index is 527. The molecule has 6 heteroatoms. The lowest BCUT2D eigenvalue weighted by Crippen LogP contribution is -2.42. The molecule has 1 unspecified atom stereocenters. The normalized spacial score (nSPS) is 17.3. The molecular formula is C20H35IN4O. The van der Waals surface area contributed by atoms with Crippen LogP contribution in [0.25, 0.3) is 0 Å². The lowest BCUT2D eigenvalue weighted by Gasteiger charge is -2.29. The first-order valence-corrected chi connectivity index (χ1v) is 9.39. The van der Waals surface area contributed by atoms with Crippen molar-refractivity contribution in [1.29, 1.82) is 0 Å². The standard InChI is InChI=1S/C20H34N4O.HI/c1-16(18-5-7-19(25-4)8-6-18)9-12-22-20(21-2)23-15-17-10-13-24(3)14-11-17;/h5-8,16-17H,9-15H2,1-4H3,(H2,21,22,23);1H. The van der Waals surface area contributed by atoms with Crippen LogP contribution in [0.4, 0.5) is 0 Å². The molecule has 0 saturated carbocycles. The Morgan fingerprint density at radius 3 is 2.46 bits per heavy atom. The molecule has 1 fully saturated rings. The van der Waals surface area contributed by atoms with Crippen LogP contribution in [0.5, 0.6) is 5.75 Å². The van der Waals surface area contributed by atoms with Gasteiger partial charge in [-0.25, -0.2) is 0 Å². The minimum atomic E-state index is 0. The van der Waals surface area contributed by atoms with Gasteiger partial charge in [0, 0.05) is 20.1 Å². The zero-order valence-electron chi connectivity index (χ0n) is 16.6. The maximum absolute atomic E-state index is 5.22. The van der Waals surface area contributed by atoms with Crippen molar-refractivity contribution in [1.82, 2.24) is 15.5 Å². The molecule has 0 amide bonds. The number of nitrogens with one attached hydrogen (secondary N) is 2. The van der Waals surface area contributed by atoms with Crippen LogP contribution >= 0.6 is 24.0 Å². The Kier molecular flexibility index (Phi) is 11.0. The third-order valence-electron chi connectivity index (χ3n) is 5.17. The van der Waals surface area contributed by atoms with Gasteiger partial charge in [0.05, 0.1) is 7.11 Å². The Morgan fingerprint density at radius 2 is 1.88 bits per heavy atom. The van der Waals surface area contributed by atoms with E-state index in [4.69, 9.17) is 4.74 Å². The van der Waals surface area contributed by atoms with E-state index < -0.39 is 0 Å². The monoisotopic (exact) mass is 474 g/mol. The first kappa shape index (κ1) is 23.0. The molecule has 1 aromatic carbocycles. The highest BCUT2D eigenvalue weighted by molar-refractivity contribution is 14.0. The minimum absolute atomic E-state index is 0. The summed E-state index contributed by atoms with van der Waals surface area (Å²) in [5.41, 5.74) is 1.34. The molecular weight excluding hydrogens is 439 g/mol. The second-order valence-corrected chi connectivity index (χ2v) is 7.09. The number of guanidine groups is 1. The van der Waals surface area contributed by atoms with Gasteiger partial charge in [0.25, 0.3) is 0 Å². The van der Waals surface area contributed by atoms with Gasteiger partial charge >= 0.3 is 0 Å². The van der Waals surface area contributed by atoms with Gasteiger partial charge in [0.2, 0.25) is 0 Å². The molecule has 2 rings (SSSR count). The molecule has 1 aliphatic heterocycles. The SMILES string of the molecule is CN=C(NCCC(C)c1ccc(OC)cc1)NCC1CCN(C)CC1.I. The number of piperidine rings is 1. The second-order valence-electron chi connectivity index (χ2n) is 7.09. The zero-order valence-corrected chi connectivity index (χ0v) is 19.0. The van der Waals surface area contributed by atoms with Crippen molar-refractivity contribution in [3.63, 3.8) is 0 Å². The third-order valence-corrected chi connectivity index (χ3v) is 5.17. The Labute approximate surface area is 176 Å². The number of benzene rings is 1. The maximum Gasteiger partial charge on any atom is 0.190 e. The van der Waals surface area contributed by atoms with Gasteiger partial charge in [0.15, 0.2) is 5.96 Å². The summed E-state index contributed by atoms with van der Waals surface area (Å²) in [7, 11) is 5.75. The fourth-order valence-electron chi connectivity index (χ4n) is 3.23. The van der Waals surface area contributed by atoms with Gasteiger partial charge in [-0.1, -0.05) is 19.1 Å². The van der Waals surface area contributed by atoms with Crippen molar-refractivity contribution in [2.75, 3.05) is 47.4 Å². The van der Waals surface area contributed by atoms with Gasteiger partial charge < -0.3 is 20.3 Å². The van der Waals surface area contributed by atoms with Gasteiger partial charge in [-0.05, 0) is 68.9 Å². The molecule has 0 bridgehead atoms. The minimum Gasteiger partial charge on any atom is -0.497 e. The number of nitrogens with zero attached hydrogens (tertiary/aromatic N) is 2. The van der Waals surface area contributed by atoms with E-state index in [2.05, 4.69) is 46.6 Å². The number of hydrogen-bond acceptors (Lipinski definition) is 3. The van der Waals surface area contributed by atoms with Crippen LogP contribution in [0.3, 0.4) is 0 Å². The summed E-state index contributed by atoms with van der Waals surface area (Å²) in [5.74, 6) is 3.09. The summed E-state index contributed by atoms with van der Waals surface area (Å²) in [6.45, 7) is 6.61. The summed E-state index contributed by atoms with van der Waals surface area (Å²) in [6.07, 6.45) is 3.62. The summed E-state index contributed by atoms with van der Waals surface area (Å²) < 4.78 is 5.22. The average molecular weight is 474 g/mol. The molecule has 0 radical (unpaired) electrons. The average Bonchev–Trinajstić information content (AvgIpc) is 2.65. The van der Waals surface area contributed by atoms with Crippen molar-refractivity contribution in [3.05, 3.63) is 29.8 Å². The molecule has 5 nitrogen and oxygen atoms in total. The van der Waals surface area contributed by atoms with Gasteiger partial charge in [-0.2, -0.15) is 0 Å². The van der Waals surface area contributed by atoms with Crippen molar-refractivity contribution < 1.29 is 4.74 Å². The highest BCUT2D eigenvalue weighted by atomic mass is 127. The van der Waals surface area contributed by atoms with E-state index >= 15 is 0 Å². The summed E-state index contributed by atoms with van der Waals surface area (Å²) in [5, 5.41) is 6.93. The van der Waals surface area contributed by atoms with E-state index in [-0.39, 0.29) is 24.0 Å². The van der Waals surface area contributed by atoms with Crippen LogP contribution in [-0.2, 0) is 0 Å². The first-order chi connectivity index (χ1) is 12.1. The van der Waals surface area contributed by atoms with Crippen LogP contribution in [-0.4, -0.2) is 58.2 Å². The Balaban J connectivity index is 0.00000338. The predicted molar refractivity (Wildman–Crippen MR) is 121 cm³/mol. The molecule has 2 N–H and O–H groups in total. The lowest BCUT2D eigenvalue weighted by molar-refractivity contribution is 0.220. The fraction of sp³-hybridized carbons (Fsp3) is 0.650. The smallest absolute Gasteiger partial charge is 0.190 e. The van der Waals surface area contributed by atoms with E-state index in [0.29, 0.717) is 5.92 Å². The summed E-state index contributed by atoms with van der Waals surface area (Å²) >= 11 is 0. The van der Waals surface area contributed by atoms with Crippen LogP contribution in [0.15, 0.2) is 29.3 Å². The highest BCUT2D eigenvalue weighted by Gasteiger charge is 2.16. The predicted octanol–water partition coefficient (Wildman–Crippen LogP) is 3.31. The second kappa shape index (κ2) is 12.4. The van der Waals surface area contributed by atoms with E-state index in [0.717, 1.165) is 37.1 Å². The van der Waals surface area contributed by atoms with E-state index in [1.54, 1.807) is 7.11 Å². The molecule has 0 spiro atoms. The lowest BCUT2D eigenvalue weighted by atomic mass is 9.97. The number of rotatable bonds is 7. The molecule has 148 valence electrons. The zero-order chi connectivity index (χ0) is 18.1. The molecule has 1 aliphatic rings. The number of halogens is 1. The van der Waals surface area contributed by atoms with Gasteiger partial charge in [-0.15, -0.1) is 24.0 Å². The highest BCUT2D eigenvalue weighted by Crippen LogP contribution is 2.21. The largest absolute Gasteiger partial charge is 0.497 e. The Hall–Kier alpha value is -1.02.